The lowest BCUT2D eigenvalue weighted by atomic mass is 10.1. The van der Waals surface area contributed by atoms with Crippen LogP contribution in [0.3, 0.4) is 0 Å². The van der Waals surface area contributed by atoms with Gasteiger partial charge >= 0.3 is 0 Å². The van der Waals surface area contributed by atoms with Crippen LogP contribution in [-0.2, 0) is 13.5 Å². The third-order valence-electron chi connectivity index (χ3n) is 3.39. The predicted octanol–water partition coefficient (Wildman–Crippen LogP) is 3.29. The normalized spacial score (nSPS) is 11.3. The first-order valence-corrected chi connectivity index (χ1v) is 6.47. The smallest absolute Gasteiger partial charge is 0.0672 e. The molecule has 0 aliphatic rings. The molecule has 2 rings (SSSR count). The molecule has 0 bridgehead atoms. The molecule has 2 aromatic rings. The number of fused-ring (bicyclic) bond motifs is 1. The molecule has 1 aromatic carbocycles. The summed E-state index contributed by atoms with van der Waals surface area (Å²) < 4.78 is 2.19. The monoisotopic (exact) mass is 250 g/mol. The van der Waals surface area contributed by atoms with Crippen molar-refractivity contribution in [3.05, 3.63) is 34.5 Å². The summed E-state index contributed by atoms with van der Waals surface area (Å²) in [5.74, 6) is 0. The number of aromatic nitrogens is 1. The maximum atomic E-state index is 6.27. The zero-order valence-electron chi connectivity index (χ0n) is 10.7. The van der Waals surface area contributed by atoms with Crippen molar-refractivity contribution < 1.29 is 0 Å². The minimum absolute atomic E-state index is 0.836. The third-order valence-corrected chi connectivity index (χ3v) is 3.69. The zero-order chi connectivity index (χ0) is 12.4. The fourth-order valence-corrected chi connectivity index (χ4v) is 2.67. The highest BCUT2D eigenvalue weighted by Gasteiger charge is 2.13. The summed E-state index contributed by atoms with van der Waals surface area (Å²) in [7, 11) is 2.08. The van der Waals surface area contributed by atoms with Gasteiger partial charge in [0.25, 0.3) is 0 Å². The standard InChI is InChI=1S/C14H19ClN2/c1-4-16-9-8-11-10(2)17(3)14-12(11)6-5-7-13(14)15/h5-7,16H,4,8-9H2,1-3H3. The number of benzene rings is 1. The molecule has 0 saturated heterocycles. The Morgan fingerprint density at radius 2 is 2.12 bits per heavy atom. The van der Waals surface area contributed by atoms with E-state index in [-0.39, 0.29) is 0 Å². The van der Waals surface area contributed by atoms with Gasteiger partial charge in [-0.1, -0.05) is 30.7 Å². The third kappa shape index (κ3) is 2.20. The molecule has 0 saturated carbocycles. The molecule has 0 aliphatic heterocycles. The van der Waals surface area contributed by atoms with E-state index in [2.05, 4.69) is 36.8 Å². The highest BCUT2D eigenvalue weighted by molar-refractivity contribution is 6.35. The van der Waals surface area contributed by atoms with Gasteiger partial charge in [-0.3, -0.25) is 0 Å². The van der Waals surface area contributed by atoms with E-state index in [0.717, 1.165) is 30.0 Å². The van der Waals surface area contributed by atoms with E-state index in [1.807, 2.05) is 12.1 Å². The first kappa shape index (κ1) is 12.5. The molecule has 0 spiro atoms. The molecule has 0 radical (unpaired) electrons. The molecule has 1 N–H and O–H groups in total. The van der Waals surface area contributed by atoms with Crippen LogP contribution in [0.25, 0.3) is 10.9 Å². The summed E-state index contributed by atoms with van der Waals surface area (Å²) >= 11 is 6.27. The maximum Gasteiger partial charge on any atom is 0.0672 e. The van der Waals surface area contributed by atoms with Crippen molar-refractivity contribution in [3.63, 3.8) is 0 Å². The summed E-state index contributed by atoms with van der Waals surface area (Å²) in [6, 6.07) is 6.15. The second-order valence-electron chi connectivity index (χ2n) is 4.36. The molecule has 0 atom stereocenters. The van der Waals surface area contributed by atoms with Crippen molar-refractivity contribution in [2.24, 2.45) is 7.05 Å². The van der Waals surface area contributed by atoms with E-state index in [4.69, 9.17) is 11.6 Å². The first-order valence-electron chi connectivity index (χ1n) is 6.10. The van der Waals surface area contributed by atoms with Gasteiger partial charge in [-0.05, 0) is 38.1 Å². The lowest BCUT2D eigenvalue weighted by Gasteiger charge is -2.03. The van der Waals surface area contributed by atoms with Gasteiger partial charge in [0.15, 0.2) is 0 Å². The topological polar surface area (TPSA) is 17.0 Å². The lowest BCUT2D eigenvalue weighted by Crippen LogP contribution is -2.16. The van der Waals surface area contributed by atoms with Crippen molar-refractivity contribution in [1.29, 1.82) is 0 Å². The largest absolute Gasteiger partial charge is 0.346 e. The summed E-state index contributed by atoms with van der Waals surface area (Å²) in [4.78, 5) is 0. The van der Waals surface area contributed by atoms with Gasteiger partial charge in [0.05, 0.1) is 10.5 Å². The summed E-state index contributed by atoms with van der Waals surface area (Å²) in [5, 5.41) is 5.49. The average Bonchev–Trinajstić information content (AvgIpc) is 2.55. The summed E-state index contributed by atoms with van der Waals surface area (Å²) in [6.07, 6.45) is 1.05. The fraction of sp³-hybridized carbons (Fsp3) is 0.429. The van der Waals surface area contributed by atoms with Crippen LogP contribution in [0.2, 0.25) is 5.02 Å². The van der Waals surface area contributed by atoms with Gasteiger partial charge in [0.1, 0.15) is 0 Å². The van der Waals surface area contributed by atoms with Crippen LogP contribution in [-0.4, -0.2) is 17.7 Å². The molecule has 3 heteroatoms. The molecular formula is C14H19ClN2. The van der Waals surface area contributed by atoms with Crippen molar-refractivity contribution in [2.45, 2.75) is 20.3 Å². The van der Waals surface area contributed by atoms with Crippen LogP contribution < -0.4 is 5.32 Å². The molecule has 0 amide bonds. The molecule has 1 heterocycles. The first-order chi connectivity index (χ1) is 8.16. The van der Waals surface area contributed by atoms with E-state index in [0.29, 0.717) is 0 Å². The molecule has 1 aromatic heterocycles. The van der Waals surface area contributed by atoms with Crippen LogP contribution >= 0.6 is 11.6 Å². The Kier molecular flexibility index (Phi) is 3.75. The van der Waals surface area contributed by atoms with Crippen LogP contribution in [0.5, 0.6) is 0 Å². The number of nitrogens with one attached hydrogen (secondary N) is 1. The number of hydrogen-bond acceptors (Lipinski definition) is 1. The minimum atomic E-state index is 0.836. The Hall–Kier alpha value is -0.990. The number of aryl methyl sites for hydroxylation is 1. The quantitative estimate of drug-likeness (QED) is 0.824. The van der Waals surface area contributed by atoms with E-state index >= 15 is 0 Å². The van der Waals surface area contributed by atoms with Crippen LogP contribution in [0.4, 0.5) is 0 Å². The van der Waals surface area contributed by atoms with Gasteiger partial charge < -0.3 is 9.88 Å². The van der Waals surface area contributed by atoms with Crippen molar-refractivity contribution in [2.75, 3.05) is 13.1 Å². The number of halogens is 1. The lowest BCUT2D eigenvalue weighted by molar-refractivity contribution is 0.714. The molecule has 0 unspecified atom stereocenters. The highest BCUT2D eigenvalue weighted by atomic mass is 35.5. The second kappa shape index (κ2) is 5.11. The molecule has 2 nitrogen and oxygen atoms in total. The summed E-state index contributed by atoms with van der Waals surface area (Å²) in [5.41, 5.74) is 3.87. The molecule has 0 aliphatic carbocycles. The van der Waals surface area contributed by atoms with Crippen LogP contribution in [0, 0.1) is 6.92 Å². The van der Waals surface area contributed by atoms with Crippen molar-refractivity contribution in [1.82, 2.24) is 9.88 Å². The van der Waals surface area contributed by atoms with Crippen LogP contribution in [0.15, 0.2) is 18.2 Å². The average molecular weight is 251 g/mol. The van der Waals surface area contributed by atoms with Crippen molar-refractivity contribution in [3.8, 4) is 0 Å². The number of likely N-dealkylation sites (N-methyl/N-ethyl adjacent to an activating group) is 1. The van der Waals surface area contributed by atoms with Gasteiger partial charge in [0.2, 0.25) is 0 Å². The number of nitrogens with zero attached hydrogens (tertiary/aromatic N) is 1. The summed E-state index contributed by atoms with van der Waals surface area (Å²) in [6.45, 7) is 6.33. The van der Waals surface area contributed by atoms with Gasteiger partial charge in [-0.25, -0.2) is 0 Å². The van der Waals surface area contributed by atoms with E-state index in [1.165, 1.54) is 16.6 Å². The van der Waals surface area contributed by atoms with Gasteiger partial charge in [-0.2, -0.15) is 0 Å². The molecular weight excluding hydrogens is 232 g/mol. The Bertz CT molecular complexity index is 528. The fourth-order valence-electron chi connectivity index (χ4n) is 2.37. The van der Waals surface area contributed by atoms with E-state index < -0.39 is 0 Å². The second-order valence-corrected chi connectivity index (χ2v) is 4.77. The Labute approximate surface area is 108 Å². The molecule has 0 fully saturated rings. The van der Waals surface area contributed by atoms with Crippen molar-refractivity contribution >= 4 is 22.5 Å². The van der Waals surface area contributed by atoms with E-state index in [1.54, 1.807) is 0 Å². The highest BCUT2D eigenvalue weighted by Crippen LogP contribution is 2.30. The number of hydrogen-bond donors (Lipinski definition) is 1. The minimum Gasteiger partial charge on any atom is -0.346 e. The Balaban J connectivity index is 2.48. The maximum absolute atomic E-state index is 6.27. The Morgan fingerprint density at radius 3 is 2.82 bits per heavy atom. The van der Waals surface area contributed by atoms with Crippen LogP contribution in [0.1, 0.15) is 18.2 Å². The Morgan fingerprint density at radius 1 is 1.35 bits per heavy atom. The zero-order valence-corrected chi connectivity index (χ0v) is 11.4. The number of para-hydroxylation sites is 1. The molecule has 92 valence electrons. The molecule has 17 heavy (non-hydrogen) atoms. The van der Waals surface area contributed by atoms with Gasteiger partial charge in [-0.15, -0.1) is 0 Å². The SMILES string of the molecule is CCNCCc1c(C)n(C)c2c(Cl)cccc12. The van der Waals surface area contributed by atoms with E-state index in [9.17, 15) is 0 Å². The van der Waals surface area contributed by atoms with Gasteiger partial charge in [0, 0.05) is 18.1 Å². The predicted molar refractivity (Wildman–Crippen MR) is 74.9 cm³/mol. The number of rotatable bonds is 4.